The number of aryl methyl sites for hydroxylation is 2. The fourth-order valence-electron chi connectivity index (χ4n) is 2.57. The number of sulfonamides is 1. The Kier molecular flexibility index (Phi) is 3.21. The zero-order valence-electron chi connectivity index (χ0n) is 12.4. The van der Waals surface area contributed by atoms with Crippen LogP contribution < -0.4 is 9.21 Å². The summed E-state index contributed by atoms with van der Waals surface area (Å²) in [6, 6.07) is 6.88. The van der Waals surface area contributed by atoms with Crippen molar-refractivity contribution in [2.45, 2.75) is 18.7 Å². The Hall–Kier alpha value is -2.35. The van der Waals surface area contributed by atoms with Crippen LogP contribution in [0.25, 0.3) is 0 Å². The summed E-state index contributed by atoms with van der Waals surface area (Å²) in [5.74, 6) is -0.0876. The third-order valence-electron chi connectivity index (χ3n) is 3.68. The van der Waals surface area contributed by atoms with Crippen LogP contribution in [0, 0.1) is 13.8 Å². The molecular weight excluding hydrogens is 306 g/mol. The molecule has 1 aliphatic rings. The van der Waals surface area contributed by atoms with E-state index in [0.29, 0.717) is 11.4 Å². The number of rotatable bonds is 2. The summed E-state index contributed by atoms with van der Waals surface area (Å²) in [4.78, 5) is 13.6. The largest absolute Gasteiger partial charge is 0.360 e. The van der Waals surface area contributed by atoms with E-state index in [1.807, 2.05) is 0 Å². The molecule has 7 nitrogen and oxygen atoms in total. The molecule has 2 aromatic rings. The quantitative estimate of drug-likeness (QED) is 0.836. The molecule has 22 heavy (non-hydrogen) atoms. The standard InChI is InChI=1S/C14H15N3O4S/c1-9-14(10(2)21-15-9)22(19,20)17-8-13(18)16(3)11-6-4-5-7-12(11)17/h4-7H,8H2,1-3H3. The Morgan fingerprint density at radius 2 is 1.82 bits per heavy atom. The lowest BCUT2D eigenvalue weighted by Crippen LogP contribution is -2.46. The zero-order chi connectivity index (χ0) is 16.1. The van der Waals surface area contributed by atoms with Crippen molar-refractivity contribution in [1.29, 1.82) is 0 Å². The highest BCUT2D eigenvalue weighted by molar-refractivity contribution is 7.93. The van der Waals surface area contributed by atoms with Gasteiger partial charge in [-0.1, -0.05) is 17.3 Å². The van der Waals surface area contributed by atoms with Crippen LogP contribution >= 0.6 is 0 Å². The van der Waals surface area contributed by atoms with Crippen LogP contribution in [-0.4, -0.2) is 33.1 Å². The molecule has 0 saturated carbocycles. The molecule has 1 aliphatic heterocycles. The first kappa shape index (κ1) is 14.6. The van der Waals surface area contributed by atoms with E-state index in [0.717, 1.165) is 4.31 Å². The average Bonchev–Trinajstić information content (AvgIpc) is 2.82. The van der Waals surface area contributed by atoms with Crippen molar-refractivity contribution >= 4 is 27.3 Å². The number of hydrogen-bond acceptors (Lipinski definition) is 5. The minimum atomic E-state index is -3.92. The van der Waals surface area contributed by atoms with Gasteiger partial charge >= 0.3 is 0 Å². The number of carbonyl (C=O) groups is 1. The van der Waals surface area contributed by atoms with Gasteiger partial charge < -0.3 is 9.42 Å². The zero-order valence-corrected chi connectivity index (χ0v) is 13.2. The maximum absolute atomic E-state index is 13.0. The fraction of sp³-hybridized carbons (Fsp3) is 0.286. The highest BCUT2D eigenvalue weighted by Crippen LogP contribution is 2.37. The van der Waals surface area contributed by atoms with Crippen LogP contribution in [0.4, 0.5) is 11.4 Å². The number of aromatic nitrogens is 1. The van der Waals surface area contributed by atoms with Gasteiger partial charge in [-0.05, 0) is 26.0 Å². The molecule has 0 spiro atoms. The maximum Gasteiger partial charge on any atom is 0.270 e. The van der Waals surface area contributed by atoms with Crippen molar-refractivity contribution in [3.8, 4) is 0 Å². The van der Waals surface area contributed by atoms with Crippen LogP contribution in [0.2, 0.25) is 0 Å². The van der Waals surface area contributed by atoms with E-state index in [2.05, 4.69) is 5.16 Å². The molecule has 0 atom stereocenters. The summed E-state index contributed by atoms with van der Waals surface area (Å²) in [5.41, 5.74) is 1.29. The number of amides is 1. The molecule has 0 bridgehead atoms. The molecule has 0 radical (unpaired) electrons. The van der Waals surface area contributed by atoms with Crippen molar-refractivity contribution in [1.82, 2.24) is 5.16 Å². The molecule has 1 amide bonds. The van der Waals surface area contributed by atoms with E-state index in [1.165, 1.54) is 11.8 Å². The van der Waals surface area contributed by atoms with Crippen molar-refractivity contribution in [3.63, 3.8) is 0 Å². The molecular formula is C14H15N3O4S. The van der Waals surface area contributed by atoms with Crippen molar-refractivity contribution in [2.75, 3.05) is 22.8 Å². The summed E-state index contributed by atoms with van der Waals surface area (Å²) in [7, 11) is -2.29. The summed E-state index contributed by atoms with van der Waals surface area (Å²) in [6.07, 6.45) is 0. The van der Waals surface area contributed by atoms with Crippen LogP contribution in [0.1, 0.15) is 11.5 Å². The summed E-state index contributed by atoms with van der Waals surface area (Å²) in [6.45, 7) is 2.85. The topological polar surface area (TPSA) is 83.7 Å². The lowest BCUT2D eigenvalue weighted by Gasteiger charge is -2.34. The number of hydrogen-bond donors (Lipinski definition) is 0. The minimum absolute atomic E-state index is 0.0136. The molecule has 2 heterocycles. The Labute approximate surface area is 128 Å². The summed E-state index contributed by atoms with van der Waals surface area (Å²) in [5, 5.41) is 3.69. The predicted molar refractivity (Wildman–Crippen MR) is 80.4 cm³/mol. The van der Waals surface area contributed by atoms with Crippen LogP contribution in [0.15, 0.2) is 33.7 Å². The van der Waals surface area contributed by atoms with E-state index in [-0.39, 0.29) is 28.8 Å². The highest BCUT2D eigenvalue weighted by Gasteiger charge is 2.37. The third kappa shape index (κ3) is 1.98. The molecule has 0 aliphatic carbocycles. The van der Waals surface area contributed by atoms with Crippen molar-refractivity contribution in [3.05, 3.63) is 35.7 Å². The van der Waals surface area contributed by atoms with Gasteiger partial charge in [0, 0.05) is 7.05 Å². The molecule has 0 N–H and O–H groups in total. The Balaban J connectivity index is 2.21. The van der Waals surface area contributed by atoms with Gasteiger partial charge in [0.05, 0.1) is 11.4 Å². The second-order valence-corrected chi connectivity index (χ2v) is 6.91. The number of nitrogens with zero attached hydrogens (tertiary/aromatic N) is 3. The molecule has 1 aromatic heterocycles. The summed E-state index contributed by atoms with van der Waals surface area (Å²) < 4.78 is 32.0. The molecule has 3 rings (SSSR count). The van der Waals surface area contributed by atoms with Crippen molar-refractivity contribution < 1.29 is 17.7 Å². The summed E-state index contributed by atoms with van der Waals surface area (Å²) >= 11 is 0. The van der Waals surface area contributed by atoms with E-state index in [4.69, 9.17) is 4.52 Å². The number of carbonyl (C=O) groups excluding carboxylic acids is 1. The fourth-order valence-corrected chi connectivity index (χ4v) is 4.30. The Bertz CT molecular complexity index is 837. The number of para-hydroxylation sites is 2. The van der Waals surface area contributed by atoms with Gasteiger partial charge in [0.2, 0.25) is 5.91 Å². The normalized spacial score (nSPS) is 15.1. The highest BCUT2D eigenvalue weighted by atomic mass is 32.2. The third-order valence-corrected chi connectivity index (χ3v) is 5.69. The predicted octanol–water partition coefficient (Wildman–Crippen LogP) is 1.46. The van der Waals surface area contributed by atoms with Gasteiger partial charge in [-0.25, -0.2) is 8.42 Å². The van der Waals surface area contributed by atoms with E-state index >= 15 is 0 Å². The first-order valence-corrected chi connectivity index (χ1v) is 8.09. The van der Waals surface area contributed by atoms with Gasteiger partial charge in [-0.15, -0.1) is 0 Å². The maximum atomic E-state index is 13.0. The van der Waals surface area contributed by atoms with E-state index in [9.17, 15) is 13.2 Å². The number of fused-ring (bicyclic) bond motifs is 1. The van der Waals surface area contributed by atoms with Crippen molar-refractivity contribution in [2.24, 2.45) is 0 Å². The molecule has 1 aromatic carbocycles. The smallest absolute Gasteiger partial charge is 0.270 e. The lowest BCUT2D eigenvalue weighted by atomic mass is 10.2. The Morgan fingerprint density at radius 1 is 1.18 bits per heavy atom. The van der Waals surface area contributed by atoms with Crippen LogP contribution in [-0.2, 0) is 14.8 Å². The minimum Gasteiger partial charge on any atom is -0.360 e. The molecule has 8 heteroatoms. The van der Waals surface area contributed by atoms with Gasteiger partial charge in [0.1, 0.15) is 12.2 Å². The van der Waals surface area contributed by atoms with Crippen LogP contribution in [0.3, 0.4) is 0 Å². The average molecular weight is 321 g/mol. The number of anilines is 2. The number of benzene rings is 1. The lowest BCUT2D eigenvalue weighted by molar-refractivity contribution is -0.117. The number of likely N-dealkylation sites (N-methyl/N-ethyl adjacent to an activating group) is 1. The first-order chi connectivity index (χ1) is 10.3. The first-order valence-electron chi connectivity index (χ1n) is 6.65. The van der Waals surface area contributed by atoms with E-state index < -0.39 is 10.0 Å². The van der Waals surface area contributed by atoms with Gasteiger partial charge in [0.25, 0.3) is 10.0 Å². The SMILES string of the molecule is Cc1noc(C)c1S(=O)(=O)N1CC(=O)N(C)c2ccccc21. The van der Waals surface area contributed by atoms with E-state index in [1.54, 1.807) is 38.2 Å². The second-order valence-electron chi connectivity index (χ2n) is 5.11. The monoisotopic (exact) mass is 321 g/mol. The second kappa shape index (κ2) is 4.84. The van der Waals surface area contributed by atoms with Crippen LogP contribution in [0.5, 0.6) is 0 Å². The van der Waals surface area contributed by atoms with Gasteiger partial charge in [-0.2, -0.15) is 0 Å². The van der Waals surface area contributed by atoms with Gasteiger partial charge in [-0.3, -0.25) is 9.10 Å². The molecule has 0 unspecified atom stereocenters. The molecule has 116 valence electrons. The Morgan fingerprint density at radius 3 is 2.41 bits per heavy atom. The van der Waals surface area contributed by atoms with Gasteiger partial charge in [0.15, 0.2) is 10.7 Å². The molecule has 0 fully saturated rings. The molecule has 0 saturated heterocycles.